The van der Waals surface area contributed by atoms with Gasteiger partial charge in [0.25, 0.3) is 0 Å². The molecule has 0 aliphatic heterocycles. The molecule has 2 aromatic rings. The summed E-state index contributed by atoms with van der Waals surface area (Å²) in [5.74, 6) is 0. The Hall–Kier alpha value is -1.56. The van der Waals surface area contributed by atoms with E-state index >= 15 is 0 Å². The van der Waals surface area contributed by atoms with Crippen molar-refractivity contribution in [2.24, 2.45) is 0 Å². The van der Waals surface area contributed by atoms with Gasteiger partial charge in [-0.05, 0) is 22.8 Å². The Bertz CT molecular complexity index is 401. The molecule has 0 heteroatoms. The van der Waals surface area contributed by atoms with E-state index in [9.17, 15) is 0 Å². The third kappa shape index (κ3) is 2.23. The second kappa shape index (κ2) is 5.23. The van der Waals surface area contributed by atoms with E-state index < -0.39 is 0 Å². The molecular formula is C14H16. The lowest BCUT2D eigenvalue weighted by atomic mass is 10.1. The van der Waals surface area contributed by atoms with Gasteiger partial charge in [0.05, 0.1) is 0 Å². The SMILES string of the molecule is C=C.CCc1ccc2ccccc2c1. The fourth-order valence-electron chi connectivity index (χ4n) is 1.46. The van der Waals surface area contributed by atoms with Gasteiger partial charge in [-0.1, -0.05) is 49.4 Å². The normalized spacial score (nSPS) is 9.21. The molecule has 0 N–H and O–H groups in total. The summed E-state index contributed by atoms with van der Waals surface area (Å²) in [4.78, 5) is 0. The minimum absolute atomic E-state index is 1.12. The zero-order chi connectivity index (χ0) is 10.4. The Balaban J connectivity index is 0.000000461. The molecule has 0 bridgehead atoms. The summed E-state index contributed by atoms with van der Waals surface area (Å²) in [6, 6.07) is 15.1. The Morgan fingerprint density at radius 2 is 1.57 bits per heavy atom. The largest absolute Gasteiger partial charge is 0.106 e. The first-order chi connectivity index (χ1) is 6.90. The third-order valence-electron chi connectivity index (χ3n) is 2.22. The van der Waals surface area contributed by atoms with Gasteiger partial charge in [0.15, 0.2) is 0 Å². The van der Waals surface area contributed by atoms with E-state index in [1.54, 1.807) is 0 Å². The van der Waals surface area contributed by atoms with Gasteiger partial charge in [0.1, 0.15) is 0 Å². The maximum Gasteiger partial charge on any atom is -0.0181 e. The van der Waals surface area contributed by atoms with Crippen molar-refractivity contribution in [1.29, 1.82) is 0 Å². The number of benzene rings is 2. The molecule has 0 aromatic heterocycles. The molecule has 2 rings (SSSR count). The summed E-state index contributed by atoms with van der Waals surface area (Å²) in [6.07, 6.45) is 1.12. The minimum atomic E-state index is 1.12. The van der Waals surface area contributed by atoms with Crippen molar-refractivity contribution in [2.45, 2.75) is 13.3 Å². The molecule has 0 nitrogen and oxygen atoms in total. The second-order valence-corrected chi connectivity index (χ2v) is 3.04. The maximum absolute atomic E-state index is 3.00. The lowest BCUT2D eigenvalue weighted by Gasteiger charge is -1.99. The van der Waals surface area contributed by atoms with Crippen LogP contribution in [0.25, 0.3) is 10.8 Å². The minimum Gasteiger partial charge on any atom is -0.106 e. The third-order valence-corrected chi connectivity index (χ3v) is 2.22. The van der Waals surface area contributed by atoms with Crippen LogP contribution in [0, 0.1) is 0 Å². The highest BCUT2D eigenvalue weighted by atomic mass is 14.0. The Morgan fingerprint density at radius 3 is 2.21 bits per heavy atom. The van der Waals surface area contributed by atoms with E-state index in [2.05, 4.69) is 62.5 Å². The topological polar surface area (TPSA) is 0 Å². The predicted octanol–water partition coefficient (Wildman–Crippen LogP) is 4.20. The molecular weight excluding hydrogens is 168 g/mol. The van der Waals surface area contributed by atoms with Crippen LogP contribution in [0.4, 0.5) is 0 Å². The van der Waals surface area contributed by atoms with Crippen LogP contribution in [0.5, 0.6) is 0 Å². The molecule has 0 spiro atoms. The zero-order valence-corrected chi connectivity index (χ0v) is 8.66. The highest BCUT2D eigenvalue weighted by Crippen LogP contribution is 2.15. The fraction of sp³-hybridized carbons (Fsp3) is 0.143. The molecule has 0 unspecified atom stereocenters. The summed E-state index contributed by atoms with van der Waals surface area (Å²) < 4.78 is 0. The monoisotopic (exact) mass is 184 g/mol. The molecule has 0 fully saturated rings. The second-order valence-electron chi connectivity index (χ2n) is 3.04. The maximum atomic E-state index is 3.00. The quantitative estimate of drug-likeness (QED) is 0.582. The van der Waals surface area contributed by atoms with Crippen molar-refractivity contribution in [3.63, 3.8) is 0 Å². The molecule has 14 heavy (non-hydrogen) atoms. The molecule has 0 radical (unpaired) electrons. The number of aryl methyl sites for hydroxylation is 1. The first-order valence-electron chi connectivity index (χ1n) is 4.88. The van der Waals surface area contributed by atoms with Crippen molar-refractivity contribution in [3.8, 4) is 0 Å². The van der Waals surface area contributed by atoms with Crippen LogP contribution in [0.1, 0.15) is 12.5 Å². The highest BCUT2D eigenvalue weighted by molar-refractivity contribution is 5.82. The van der Waals surface area contributed by atoms with Gasteiger partial charge in [-0.15, -0.1) is 13.2 Å². The van der Waals surface area contributed by atoms with Gasteiger partial charge in [-0.2, -0.15) is 0 Å². The van der Waals surface area contributed by atoms with Crippen LogP contribution in [0.2, 0.25) is 0 Å². The van der Waals surface area contributed by atoms with Crippen molar-refractivity contribution < 1.29 is 0 Å². The summed E-state index contributed by atoms with van der Waals surface area (Å²) in [5, 5.41) is 2.67. The first-order valence-corrected chi connectivity index (χ1v) is 4.88. The zero-order valence-electron chi connectivity index (χ0n) is 8.66. The van der Waals surface area contributed by atoms with Gasteiger partial charge >= 0.3 is 0 Å². The Labute approximate surface area is 85.9 Å². The average Bonchev–Trinajstić information content (AvgIpc) is 2.31. The number of fused-ring (bicyclic) bond motifs is 1. The van der Waals surface area contributed by atoms with Crippen molar-refractivity contribution in [2.75, 3.05) is 0 Å². The van der Waals surface area contributed by atoms with Crippen LogP contribution in [0.3, 0.4) is 0 Å². The number of hydrogen-bond donors (Lipinski definition) is 0. The summed E-state index contributed by atoms with van der Waals surface area (Å²) in [5.41, 5.74) is 1.41. The molecule has 0 heterocycles. The fourth-order valence-corrected chi connectivity index (χ4v) is 1.46. The number of rotatable bonds is 1. The lowest BCUT2D eigenvalue weighted by Crippen LogP contribution is -1.79. The molecule has 0 saturated heterocycles. The van der Waals surface area contributed by atoms with E-state index in [0.29, 0.717) is 0 Å². The molecule has 0 saturated carbocycles. The van der Waals surface area contributed by atoms with Gasteiger partial charge in [0, 0.05) is 0 Å². The molecule has 0 aliphatic rings. The van der Waals surface area contributed by atoms with E-state index in [1.807, 2.05) is 0 Å². The number of hydrogen-bond acceptors (Lipinski definition) is 0. The van der Waals surface area contributed by atoms with Crippen molar-refractivity contribution >= 4 is 10.8 Å². The molecule has 0 atom stereocenters. The average molecular weight is 184 g/mol. The molecule has 0 amide bonds. The van der Waals surface area contributed by atoms with Crippen molar-refractivity contribution in [1.82, 2.24) is 0 Å². The predicted molar refractivity (Wildman–Crippen MR) is 64.6 cm³/mol. The molecule has 0 aliphatic carbocycles. The Kier molecular flexibility index (Phi) is 3.93. The van der Waals surface area contributed by atoms with Gasteiger partial charge in [0.2, 0.25) is 0 Å². The van der Waals surface area contributed by atoms with Crippen molar-refractivity contribution in [3.05, 3.63) is 61.2 Å². The van der Waals surface area contributed by atoms with Gasteiger partial charge in [-0.25, -0.2) is 0 Å². The smallest absolute Gasteiger partial charge is 0.0181 e. The highest BCUT2D eigenvalue weighted by Gasteiger charge is 1.92. The van der Waals surface area contributed by atoms with Crippen LogP contribution in [-0.2, 0) is 6.42 Å². The summed E-state index contributed by atoms with van der Waals surface area (Å²) >= 11 is 0. The van der Waals surface area contributed by atoms with E-state index in [-0.39, 0.29) is 0 Å². The van der Waals surface area contributed by atoms with Crippen LogP contribution < -0.4 is 0 Å². The van der Waals surface area contributed by atoms with E-state index in [4.69, 9.17) is 0 Å². The standard InChI is InChI=1S/C12H12.C2H4/c1-2-10-7-8-11-5-3-4-6-12(11)9-10;1-2/h3-9H,2H2,1H3;1-2H2. The van der Waals surface area contributed by atoms with Crippen LogP contribution in [0.15, 0.2) is 55.6 Å². The molecule has 2 aromatic carbocycles. The first kappa shape index (κ1) is 10.5. The van der Waals surface area contributed by atoms with E-state index in [0.717, 1.165) is 6.42 Å². The van der Waals surface area contributed by atoms with Gasteiger partial charge < -0.3 is 0 Å². The summed E-state index contributed by atoms with van der Waals surface area (Å²) in [7, 11) is 0. The Morgan fingerprint density at radius 1 is 0.929 bits per heavy atom. The molecule has 72 valence electrons. The van der Waals surface area contributed by atoms with Crippen LogP contribution in [-0.4, -0.2) is 0 Å². The van der Waals surface area contributed by atoms with E-state index in [1.165, 1.54) is 16.3 Å². The van der Waals surface area contributed by atoms with Gasteiger partial charge in [-0.3, -0.25) is 0 Å². The lowest BCUT2D eigenvalue weighted by molar-refractivity contribution is 1.15. The summed E-state index contributed by atoms with van der Waals surface area (Å²) in [6.45, 7) is 8.18. The van der Waals surface area contributed by atoms with Crippen LogP contribution >= 0.6 is 0 Å².